The monoisotopic (exact) mass is 318 g/mol. The van der Waals surface area contributed by atoms with Crippen LogP contribution in [0.1, 0.15) is 36.7 Å². The van der Waals surface area contributed by atoms with E-state index in [9.17, 15) is 4.79 Å². The van der Waals surface area contributed by atoms with Crippen molar-refractivity contribution < 1.29 is 9.53 Å². The summed E-state index contributed by atoms with van der Waals surface area (Å²) in [5.41, 5.74) is 1.91. The Bertz CT molecular complexity index is 372. The van der Waals surface area contributed by atoms with Crippen molar-refractivity contribution in [3.05, 3.63) is 26.8 Å². The number of ketones is 1. The Hall–Kier alpha value is -0.580. The summed E-state index contributed by atoms with van der Waals surface area (Å²) in [6.07, 6.45) is 0.916. The number of benzene rings is 1. The number of carbonyl (C=O) groups is 1. The van der Waals surface area contributed by atoms with Crippen molar-refractivity contribution in [3.8, 4) is 5.75 Å². The van der Waals surface area contributed by atoms with Crippen LogP contribution in [0, 0.1) is 3.57 Å². The SMILES string of the molecule is CCOc1cc(C(C)=O)cc(CC)c1I. The predicted molar refractivity (Wildman–Crippen MR) is 69.7 cm³/mol. The van der Waals surface area contributed by atoms with Crippen molar-refractivity contribution in [2.75, 3.05) is 6.61 Å². The molecule has 0 atom stereocenters. The van der Waals surface area contributed by atoms with Gasteiger partial charge in [0.1, 0.15) is 5.75 Å². The fourth-order valence-electron chi connectivity index (χ4n) is 1.38. The van der Waals surface area contributed by atoms with E-state index in [1.54, 1.807) is 6.92 Å². The van der Waals surface area contributed by atoms with E-state index in [1.807, 2.05) is 19.1 Å². The van der Waals surface area contributed by atoms with Gasteiger partial charge in [0.25, 0.3) is 0 Å². The van der Waals surface area contributed by atoms with E-state index in [2.05, 4.69) is 29.5 Å². The summed E-state index contributed by atoms with van der Waals surface area (Å²) < 4.78 is 6.62. The van der Waals surface area contributed by atoms with Crippen LogP contribution in [0.15, 0.2) is 12.1 Å². The van der Waals surface area contributed by atoms with E-state index in [0.29, 0.717) is 6.61 Å². The molecular formula is C12H15IO2. The number of Topliss-reactive ketones (excluding diaryl/α,β-unsaturated/α-hetero) is 1. The molecule has 1 aromatic rings. The number of hydrogen-bond donors (Lipinski definition) is 0. The largest absolute Gasteiger partial charge is 0.493 e. The Kier molecular flexibility index (Phi) is 4.57. The van der Waals surface area contributed by atoms with Gasteiger partial charge in [0.15, 0.2) is 5.78 Å². The molecule has 0 saturated heterocycles. The summed E-state index contributed by atoms with van der Waals surface area (Å²) in [6.45, 7) is 6.23. The fourth-order valence-corrected chi connectivity index (χ4v) is 2.23. The molecule has 0 bridgehead atoms. The van der Waals surface area contributed by atoms with Crippen LogP contribution in [-0.2, 0) is 6.42 Å². The van der Waals surface area contributed by atoms with Crippen LogP contribution in [0.4, 0.5) is 0 Å². The van der Waals surface area contributed by atoms with Gasteiger partial charge in [-0.3, -0.25) is 4.79 Å². The van der Waals surface area contributed by atoms with Crippen LogP contribution in [0.5, 0.6) is 5.75 Å². The van der Waals surface area contributed by atoms with Gasteiger partial charge in [-0.15, -0.1) is 0 Å². The zero-order valence-corrected chi connectivity index (χ0v) is 11.4. The molecule has 0 spiro atoms. The van der Waals surface area contributed by atoms with Crippen molar-refractivity contribution in [3.63, 3.8) is 0 Å². The highest BCUT2D eigenvalue weighted by Gasteiger charge is 2.10. The first kappa shape index (κ1) is 12.5. The van der Waals surface area contributed by atoms with Crippen LogP contribution < -0.4 is 4.74 Å². The second-order valence-corrected chi connectivity index (χ2v) is 4.37. The van der Waals surface area contributed by atoms with Crippen molar-refractivity contribution >= 4 is 28.4 Å². The van der Waals surface area contributed by atoms with Crippen molar-refractivity contribution in [1.29, 1.82) is 0 Å². The molecule has 0 aliphatic rings. The Morgan fingerprint density at radius 2 is 2.07 bits per heavy atom. The van der Waals surface area contributed by atoms with E-state index >= 15 is 0 Å². The third-order valence-corrected chi connectivity index (χ3v) is 3.43. The Balaban J connectivity index is 3.25. The quantitative estimate of drug-likeness (QED) is 0.628. The van der Waals surface area contributed by atoms with Gasteiger partial charge >= 0.3 is 0 Å². The molecule has 0 unspecified atom stereocenters. The first-order valence-corrected chi connectivity index (χ1v) is 6.14. The number of hydrogen-bond acceptors (Lipinski definition) is 2. The van der Waals surface area contributed by atoms with Crippen LogP contribution >= 0.6 is 22.6 Å². The first-order chi connectivity index (χ1) is 7.10. The molecule has 0 radical (unpaired) electrons. The Morgan fingerprint density at radius 3 is 2.53 bits per heavy atom. The summed E-state index contributed by atoms with van der Waals surface area (Å²) in [4.78, 5) is 11.3. The summed E-state index contributed by atoms with van der Waals surface area (Å²) in [7, 11) is 0. The standard InChI is InChI=1S/C12H15IO2/c1-4-9-6-10(8(3)14)7-11(12(9)13)15-5-2/h6-7H,4-5H2,1-3H3. The average Bonchev–Trinajstić information content (AvgIpc) is 2.21. The molecule has 0 aliphatic heterocycles. The van der Waals surface area contributed by atoms with Gasteiger partial charge in [-0.05, 0) is 60.6 Å². The minimum atomic E-state index is 0.0852. The molecule has 2 nitrogen and oxygen atoms in total. The minimum absolute atomic E-state index is 0.0852. The second-order valence-electron chi connectivity index (χ2n) is 3.29. The molecule has 1 rings (SSSR count). The normalized spacial score (nSPS) is 10.1. The maximum atomic E-state index is 11.3. The van der Waals surface area contributed by atoms with Gasteiger partial charge in [0, 0.05) is 5.56 Å². The lowest BCUT2D eigenvalue weighted by Crippen LogP contribution is -2.01. The molecule has 82 valence electrons. The van der Waals surface area contributed by atoms with Crippen LogP contribution in [0.25, 0.3) is 0 Å². The molecule has 15 heavy (non-hydrogen) atoms. The van der Waals surface area contributed by atoms with E-state index in [4.69, 9.17) is 4.74 Å². The van der Waals surface area contributed by atoms with Crippen LogP contribution in [0.2, 0.25) is 0 Å². The second kappa shape index (κ2) is 5.49. The van der Waals surface area contributed by atoms with E-state index < -0.39 is 0 Å². The summed E-state index contributed by atoms with van der Waals surface area (Å²) in [5.74, 6) is 0.907. The number of carbonyl (C=O) groups excluding carboxylic acids is 1. The Morgan fingerprint density at radius 1 is 1.40 bits per heavy atom. The van der Waals surface area contributed by atoms with Crippen molar-refractivity contribution in [2.45, 2.75) is 27.2 Å². The predicted octanol–water partition coefficient (Wildman–Crippen LogP) is 3.45. The minimum Gasteiger partial charge on any atom is -0.493 e. The molecule has 0 saturated carbocycles. The highest BCUT2D eigenvalue weighted by Crippen LogP contribution is 2.27. The number of ether oxygens (including phenoxy) is 1. The number of aryl methyl sites for hydroxylation is 1. The first-order valence-electron chi connectivity index (χ1n) is 5.06. The molecule has 0 amide bonds. The molecule has 0 aromatic heterocycles. The molecule has 0 heterocycles. The number of rotatable bonds is 4. The molecule has 1 aromatic carbocycles. The summed E-state index contributed by atoms with van der Waals surface area (Å²) in [6, 6.07) is 3.78. The van der Waals surface area contributed by atoms with Gasteiger partial charge in [-0.1, -0.05) is 6.92 Å². The molecule has 3 heteroatoms. The van der Waals surface area contributed by atoms with Gasteiger partial charge in [0.2, 0.25) is 0 Å². The average molecular weight is 318 g/mol. The highest BCUT2D eigenvalue weighted by molar-refractivity contribution is 14.1. The lowest BCUT2D eigenvalue weighted by Gasteiger charge is -2.11. The Labute approximate surface area is 104 Å². The van der Waals surface area contributed by atoms with E-state index in [-0.39, 0.29) is 5.78 Å². The maximum Gasteiger partial charge on any atom is 0.159 e. The maximum absolute atomic E-state index is 11.3. The van der Waals surface area contributed by atoms with Crippen LogP contribution in [-0.4, -0.2) is 12.4 Å². The third kappa shape index (κ3) is 2.93. The van der Waals surface area contributed by atoms with E-state index in [1.165, 1.54) is 5.56 Å². The molecular weight excluding hydrogens is 303 g/mol. The topological polar surface area (TPSA) is 26.3 Å². The van der Waals surface area contributed by atoms with Gasteiger partial charge in [0.05, 0.1) is 10.2 Å². The highest BCUT2D eigenvalue weighted by atomic mass is 127. The van der Waals surface area contributed by atoms with Gasteiger partial charge < -0.3 is 4.74 Å². The molecule has 0 aliphatic carbocycles. The number of halogens is 1. The van der Waals surface area contributed by atoms with Gasteiger partial charge in [-0.25, -0.2) is 0 Å². The lowest BCUT2D eigenvalue weighted by atomic mass is 10.1. The van der Waals surface area contributed by atoms with Crippen molar-refractivity contribution in [1.82, 2.24) is 0 Å². The molecule has 0 N–H and O–H groups in total. The van der Waals surface area contributed by atoms with E-state index in [0.717, 1.165) is 21.3 Å². The van der Waals surface area contributed by atoms with Gasteiger partial charge in [-0.2, -0.15) is 0 Å². The fraction of sp³-hybridized carbons (Fsp3) is 0.417. The summed E-state index contributed by atoms with van der Waals surface area (Å²) >= 11 is 2.27. The zero-order chi connectivity index (χ0) is 11.4. The third-order valence-electron chi connectivity index (χ3n) is 2.20. The van der Waals surface area contributed by atoms with Crippen molar-refractivity contribution in [2.24, 2.45) is 0 Å². The smallest absolute Gasteiger partial charge is 0.159 e. The lowest BCUT2D eigenvalue weighted by molar-refractivity contribution is 0.101. The zero-order valence-electron chi connectivity index (χ0n) is 9.26. The van der Waals surface area contributed by atoms with Crippen LogP contribution in [0.3, 0.4) is 0 Å². The molecule has 0 fully saturated rings. The summed E-state index contributed by atoms with van der Waals surface area (Å²) in [5, 5.41) is 0.